The van der Waals surface area contributed by atoms with Gasteiger partial charge in [-0.05, 0) is 26.2 Å². The molecule has 0 saturated carbocycles. The lowest BCUT2D eigenvalue weighted by atomic mass is 10.1. The van der Waals surface area contributed by atoms with Crippen molar-refractivity contribution < 1.29 is 8.42 Å². The van der Waals surface area contributed by atoms with Gasteiger partial charge in [0.05, 0.1) is 10.5 Å². The van der Waals surface area contributed by atoms with Crippen molar-refractivity contribution in [2.24, 2.45) is 0 Å². The number of sulfone groups is 1. The summed E-state index contributed by atoms with van der Waals surface area (Å²) < 4.78 is 23.0. The third kappa shape index (κ3) is 1.58. The van der Waals surface area contributed by atoms with Gasteiger partial charge in [0, 0.05) is 0 Å². The summed E-state index contributed by atoms with van der Waals surface area (Å²) in [6, 6.07) is 0. The highest BCUT2D eigenvalue weighted by atomic mass is 32.2. The summed E-state index contributed by atoms with van der Waals surface area (Å²) in [6.07, 6.45) is 3.59. The van der Waals surface area contributed by atoms with Gasteiger partial charge in [0.1, 0.15) is 0 Å². The summed E-state index contributed by atoms with van der Waals surface area (Å²) in [5.41, 5.74) is 0. The van der Waals surface area contributed by atoms with Gasteiger partial charge in [-0.25, -0.2) is 8.42 Å². The van der Waals surface area contributed by atoms with Crippen molar-refractivity contribution in [3.05, 3.63) is 0 Å². The zero-order valence-corrected chi connectivity index (χ0v) is 8.02. The van der Waals surface area contributed by atoms with E-state index in [0.717, 1.165) is 25.7 Å². The molecule has 0 spiro atoms. The molecule has 3 heteroatoms. The lowest BCUT2D eigenvalue weighted by Crippen LogP contribution is -2.20. The van der Waals surface area contributed by atoms with Crippen LogP contribution in [-0.4, -0.2) is 18.9 Å². The molecule has 66 valence electrons. The van der Waals surface area contributed by atoms with Crippen molar-refractivity contribution in [2.45, 2.75) is 50.0 Å². The predicted molar refractivity (Wildman–Crippen MR) is 46.3 cm³/mol. The first kappa shape index (κ1) is 9.04. The second-order valence-corrected chi connectivity index (χ2v) is 6.04. The molecule has 1 aliphatic heterocycles. The molecule has 1 heterocycles. The molecule has 1 rings (SSSR count). The first-order valence-electron chi connectivity index (χ1n) is 4.31. The number of hydrogen-bond donors (Lipinski definition) is 0. The fourth-order valence-electron chi connectivity index (χ4n) is 1.71. The minimum absolute atomic E-state index is 0.0255. The van der Waals surface area contributed by atoms with Crippen molar-refractivity contribution in [2.75, 3.05) is 0 Å². The lowest BCUT2D eigenvalue weighted by Gasteiger charge is -2.08. The van der Waals surface area contributed by atoms with E-state index in [1.54, 1.807) is 0 Å². The molecule has 0 bridgehead atoms. The van der Waals surface area contributed by atoms with Gasteiger partial charge in [0.15, 0.2) is 9.84 Å². The van der Waals surface area contributed by atoms with E-state index in [1.165, 1.54) is 0 Å². The molecule has 0 aliphatic carbocycles. The zero-order valence-electron chi connectivity index (χ0n) is 7.21. The molecule has 0 amide bonds. The van der Waals surface area contributed by atoms with Gasteiger partial charge in [0.25, 0.3) is 0 Å². The highest BCUT2D eigenvalue weighted by Gasteiger charge is 2.36. The molecule has 1 saturated heterocycles. The summed E-state index contributed by atoms with van der Waals surface area (Å²) >= 11 is 0. The van der Waals surface area contributed by atoms with Gasteiger partial charge >= 0.3 is 0 Å². The van der Waals surface area contributed by atoms with Crippen LogP contribution in [0.3, 0.4) is 0 Å². The first-order chi connectivity index (χ1) is 5.09. The van der Waals surface area contributed by atoms with Crippen LogP contribution >= 0.6 is 0 Å². The van der Waals surface area contributed by atoms with Crippen LogP contribution in [0.25, 0.3) is 0 Å². The maximum atomic E-state index is 11.5. The van der Waals surface area contributed by atoms with Gasteiger partial charge in [0.2, 0.25) is 0 Å². The standard InChI is InChI=1S/C8H16O2S/c1-3-4-8-6-5-7(2)11(8,9)10/h7-8H,3-6H2,1-2H3. The van der Waals surface area contributed by atoms with Crippen LogP contribution in [0.5, 0.6) is 0 Å². The molecule has 2 nitrogen and oxygen atoms in total. The minimum atomic E-state index is -2.73. The van der Waals surface area contributed by atoms with E-state index >= 15 is 0 Å². The Balaban J connectivity index is 2.71. The van der Waals surface area contributed by atoms with Crippen molar-refractivity contribution >= 4 is 9.84 Å². The van der Waals surface area contributed by atoms with Gasteiger partial charge in [-0.3, -0.25) is 0 Å². The molecule has 0 aromatic carbocycles. The molecular formula is C8H16O2S. The van der Waals surface area contributed by atoms with E-state index in [1.807, 2.05) is 13.8 Å². The van der Waals surface area contributed by atoms with E-state index < -0.39 is 9.84 Å². The smallest absolute Gasteiger partial charge is 0.155 e. The van der Waals surface area contributed by atoms with Gasteiger partial charge < -0.3 is 0 Å². The van der Waals surface area contributed by atoms with Crippen LogP contribution in [0, 0.1) is 0 Å². The normalized spacial score (nSPS) is 35.8. The molecule has 2 unspecified atom stereocenters. The van der Waals surface area contributed by atoms with Crippen molar-refractivity contribution in [3.8, 4) is 0 Å². The summed E-state index contributed by atoms with van der Waals surface area (Å²) in [5.74, 6) is 0. The Bertz CT molecular complexity index is 216. The molecular weight excluding hydrogens is 160 g/mol. The van der Waals surface area contributed by atoms with Crippen molar-refractivity contribution in [1.29, 1.82) is 0 Å². The van der Waals surface area contributed by atoms with Gasteiger partial charge in [-0.1, -0.05) is 13.3 Å². The second kappa shape index (κ2) is 3.13. The molecule has 1 aliphatic rings. The monoisotopic (exact) mass is 176 g/mol. The summed E-state index contributed by atoms with van der Waals surface area (Å²) in [7, 11) is -2.73. The Morgan fingerprint density at radius 3 is 2.36 bits per heavy atom. The average Bonchev–Trinajstić information content (AvgIpc) is 2.16. The largest absolute Gasteiger partial charge is 0.228 e. The van der Waals surface area contributed by atoms with Crippen molar-refractivity contribution in [3.63, 3.8) is 0 Å². The Hall–Kier alpha value is -0.0500. The third-order valence-electron chi connectivity index (χ3n) is 2.53. The lowest BCUT2D eigenvalue weighted by molar-refractivity contribution is 0.577. The maximum Gasteiger partial charge on any atom is 0.155 e. The molecule has 2 atom stereocenters. The van der Waals surface area contributed by atoms with E-state index in [4.69, 9.17) is 0 Å². The molecule has 0 aromatic rings. The fraction of sp³-hybridized carbons (Fsp3) is 1.00. The third-order valence-corrected chi connectivity index (χ3v) is 5.29. The summed E-state index contributed by atoms with van der Waals surface area (Å²) in [4.78, 5) is 0. The van der Waals surface area contributed by atoms with Gasteiger partial charge in [-0.15, -0.1) is 0 Å². The van der Waals surface area contributed by atoms with Crippen LogP contribution in [0.15, 0.2) is 0 Å². The molecule has 0 N–H and O–H groups in total. The number of hydrogen-bond acceptors (Lipinski definition) is 2. The molecule has 1 fully saturated rings. The Kier molecular flexibility index (Phi) is 2.58. The second-order valence-electron chi connectivity index (χ2n) is 3.39. The Labute approximate surface area is 68.9 Å². The average molecular weight is 176 g/mol. The molecule has 11 heavy (non-hydrogen) atoms. The van der Waals surface area contributed by atoms with Crippen LogP contribution in [-0.2, 0) is 9.84 Å². The minimum Gasteiger partial charge on any atom is -0.228 e. The SMILES string of the molecule is CCCC1CCC(C)S1(=O)=O. The fourth-order valence-corrected chi connectivity index (χ4v) is 3.86. The quantitative estimate of drug-likeness (QED) is 0.642. The van der Waals surface area contributed by atoms with Crippen LogP contribution in [0.1, 0.15) is 39.5 Å². The van der Waals surface area contributed by atoms with E-state index in [2.05, 4.69) is 0 Å². The Morgan fingerprint density at radius 2 is 2.00 bits per heavy atom. The van der Waals surface area contributed by atoms with Crippen LogP contribution in [0.2, 0.25) is 0 Å². The van der Waals surface area contributed by atoms with Crippen molar-refractivity contribution in [1.82, 2.24) is 0 Å². The number of rotatable bonds is 2. The highest BCUT2D eigenvalue weighted by molar-refractivity contribution is 7.92. The van der Waals surface area contributed by atoms with Crippen LogP contribution in [0.4, 0.5) is 0 Å². The first-order valence-corrected chi connectivity index (χ1v) is 5.92. The van der Waals surface area contributed by atoms with E-state index in [0.29, 0.717) is 0 Å². The molecule has 0 radical (unpaired) electrons. The van der Waals surface area contributed by atoms with E-state index in [-0.39, 0.29) is 10.5 Å². The highest BCUT2D eigenvalue weighted by Crippen LogP contribution is 2.29. The van der Waals surface area contributed by atoms with Crippen LogP contribution < -0.4 is 0 Å². The summed E-state index contributed by atoms with van der Waals surface area (Å²) in [6.45, 7) is 3.86. The maximum absolute atomic E-state index is 11.5. The van der Waals surface area contributed by atoms with E-state index in [9.17, 15) is 8.42 Å². The predicted octanol–water partition coefficient (Wildman–Crippen LogP) is 1.75. The van der Waals surface area contributed by atoms with Gasteiger partial charge in [-0.2, -0.15) is 0 Å². The summed E-state index contributed by atoms with van der Waals surface area (Å²) in [5, 5.41) is -0.110. The molecule has 0 aromatic heterocycles. The zero-order chi connectivity index (χ0) is 8.48. The Morgan fingerprint density at radius 1 is 1.36 bits per heavy atom. The topological polar surface area (TPSA) is 34.1 Å².